The summed E-state index contributed by atoms with van der Waals surface area (Å²) in [6.07, 6.45) is -4.40. The van der Waals surface area contributed by atoms with Crippen molar-refractivity contribution < 1.29 is 17.9 Å². The molecule has 0 spiro atoms. The summed E-state index contributed by atoms with van der Waals surface area (Å²) in [6.45, 7) is 6.92. The molecule has 170 valence electrons. The van der Waals surface area contributed by atoms with E-state index < -0.39 is 17.8 Å². The largest absolute Gasteiger partial charge is 0.479 e. The summed E-state index contributed by atoms with van der Waals surface area (Å²) in [5.74, 6) is 0.905. The monoisotopic (exact) mass is 445 g/mol. The number of anilines is 2. The van der Waals surface area contributed by atoms with Crippen LogP contribution in [0.25, 0.3) is 10.8 Å². The minimum atomic E-state index is -4.40. The summed E-state index contributed by atoms with van der Waals surface area (Å²) in [4.78, 5) is 2.28. The van der Waals surface area contributed by atoms with Gasteiger partial charge in [-0.15, -0.1) is 10.2 Å². The minimum Gasteiger partial charge on any atom is -0.479 e. The third-order valence-corrected chi connectivity index (χ3v) is 5.91. The van der Waals surface area contributed by atoms with Crippen molar-refractivity contribution >= 4 is 22.3 Å². The Morgan fingerprint density at radius 3 is 2.53 bits per heavy atom. The number of piperazine rings is 1. The summed E-state index contributed by atoms with van der Waals surface area (Å²) < 4.78 is 45.5. The predicted molar refractivity (Wildman–Crippen MR) is 119 cm³/mol. The SMILES string of the molecule is COc1nnc(NC(C)c2cccc(C(F)(F)F)c2C)c2cc(N3CCNCC3)ccc12. The van der Waals surface area contributed by atoms with E-state index in [1.807, 2.05) is 25.1 Å². The Bertz CT molecular complexity index is 1110. The number of hydrogen-bond acceptors (Lipinski definition) is 6. The van der Waals surface area contributed by atoms with E-state index in [0.29, 0.717) is 17.3 Å². The molecule has 2 N–H and O–H groups in total. The molecule has 0 amide bonds. The predicted octanol–water partition coefficient (Wildman–Crippen LogP) is 4.55. The first-order chi connectivity index (χ1) is 15.3. The number of alkyl halides is 3. The van der Waals surface area contributed by atoms with Crippen molar-refractivity contribution in [2.75, 3.05) is 43.5 Å². The van der Waals surface area contributed by atoms with E-state index >= 15 is 0 Å². The lowest BCUT2D eigenvalue weighted by Crippen LogP contribution is -2.43. The van der Waals surface area contributed by atoms with Gasteiger partial charge in [-0.2, -0.15) is 13.2 Å². The van der Waals surface area contributed by atoms with E-state index in [2.05, 4.69) is 25.7 Å². The first kappa shape index (κ1) is 22.1. The van der Waals surface area contributed by atoms with Crippen LogP contribution in [0.15, 0.2) is 36.4 Å². The number of methoxy groups -OCH3 is 1. The second-order valence-corrected chi connectivity index (χ2v) is 7.91. The van der Waals surface area contributed by atoms with Gasteiger partial charge < -0.3 is 20.3 Å². The molecule has 0 radical (unpaired) electrons. The molecule has 0 aliphatic carbocycles. The van der Waals surface area contributed by atoms with Crippen LogP contribution in [0.3, 0.4) is 0 Å². The Kier molecular flexibility index (Phi) is 6.10. The van der Waals surface area contributed by atoms with Gasteiger partial charge in [-0.1, -0.05) is 12.1 Å². The first-order valence-electron chi connectivity index (χ1n) is 10.5. The second-order valence-electron chi connectivity index (χ2n) is 7.91. The van der Waals surface area contributed by atoms with E-state index in [1.54, 1.807) is 6.07 Å². The topological polar surface area (TPSA) is 62.3 Å². The molecule has 1 fully saturated rings. The van der Waals surface area contributed by atoms with Gasteiger partial charge in [-0.05, 0) is 49.2 Å². The molecule has 1 unspecified atom stereocenters. The zero-order valence-electron chi connectivity index (χ0n) is 18.3. The molecule has 4 rings (SSSR count). The van der Waals surface area contributed by atoms with E-state index in [-0.39, 0.29) is 5.56 Å². The van der Waals surface area contributed by atoms with Gasteiger partial charge in [0.25, 0.3) is 0 Å². The van der Waals surface area contributed by atoms with Crippen molar-refractivity contribution in [1.29, 1.82) is 0 Å². The normalized spacial score (nSPS) is 15.6. The highest BCUT2D eigenvalue weighted by Gasteiger charge is 2.33. The Labute approximate surface area is 184 Å². The fourth-order valence-electron chi connectivity index (χ4n) is 4.21. The second kappa shape index (κ2) is 8.82. The van der Waals surface area contributed by atoms with Crippen molar-refractivity contribution in [3.8, 4) is 5.88 Å². The van der Waals surface area contributed by atoms with E-state index in [1.165, 1.54) is 20.1 Å². The van der Waals surface area contributed by atoms with Crippen LogP contribution in [0.5, 0.6) is 5.88 Å². The first-order valence-corrected chi connectivity index (χ1v) is 10.5. The van der Waals surface area contributed by atoms with Crippen LogP contribution < -0.4 is 20.3 Å². The van der Waals surface area contributed by atoms with Gasteiger partial charge in [0.1, 0.15) is 0 Å². The van der Waals surface area contributed by atoms with Crippen molar-refractivity contribution in [2.45, 2.75) is 26.1 Å². The van der Waals surface area contributed by atoms with Crippen LogP contribution in [-0.4, -0.2) is 43.5 Å². The highest BCUT2D eigenvalue weighted by Crippen LogP contribution is 2.36. The molecule has 2 aromatic carbocycles. The van der Waals surface area contributed by atoms with Crippen LogP contribution in [-0.2, 0) is 6.18 Å². The van der Waals surface area contributed by atoms with Crippen molar-refractivity contribution in [3.05, 3.63) is 53.1 Å². The number of nitrogens with zero attached hydrogens (tertiary/aromatic N) is 3. The van der Waals surface area contributed by atoms with E-state index in [0.717, 1.165) is 48.7 Å². The number of ether oxygens (including phenoxy) is 1. The summed E-state index contributed by atoms with van der Waals surface area (Å²) in [7, 11) is 1.54. The van der Waals surface area contributed by atoms with Gasteiger partial charge in [0.15, 0.2) is 5.82 Å². The number of aromatic nitrogens is 2. The fourth-order valence-corrected chi connectivity index (χ4v) is 4.21. The van der Waals surface area contributed by atoms with Crippen molar-refractivity contribution in [2.24, 2.45) is 0 Å². The molecule has 32 heavy (non-hydrogen) atoms. The van der Waals surface area contributed by atoms with Crippen molar-refractivity contribution in [3.63, 3.8) is 0 Å². The Morgan fingerprint density at radius 2 is 1.84 bits per heavy atom. The van der Waals surface area contributed by atoms with Crippen LogP contribution >= 0.6 is 0 Å². The highest BCUT2D eigenvalue weighted by atomic mass is 19.4. The molecule has 1 atom stereocenters. The minimum absolute atomic E-state index is 0.201. The Morgan fingerprint density at radius 1 is 1.09 bits per heavy atom. The standard InChI is InChI=1S/C23H26F3N5O/c1-14-17(5-4-6-20(14)23(24,25)26)15(2)28-21-19-13-16(31-11-9-27-10-12-31)7-8-18(19)22(32-3)30-29-21/h4-8,13,15,27H,9-12H2,1-3H3,(H,28,29). The number of nitrogens with one attached hydrogen (secondary N) is 2. The maximum absolute atomic E-state index is 13.4. The van der Waals surface area contributed by atoms with Gasteiger partial charge in [-0.25, -0.2) is 0 Å². The molecule has 1 saturated heterocycles. The van der Waals surface area contributed by atoms with Crippen LogP contribution in [0, 0.1) is 6.92 Å². The average molecular weight is 445 g/mol. The summed E-state index contributed by atoms with van der Waals surface area (Å²) in [5.41, 5.74) is 1.19. The van der Waals surface area contributed by atoms with Crippen LogP contribution in [0.2, 0.25) is 0 Å². The molecule has 1 aliphatic heterocycles. The summed E-state index contributed by atoms with van der Waals surface area (Å²) >= 11 is 0. The van der Waals surface area contributed by atoms with Gasteiger partial charge in [0, 0.05) is 42.6 Å². The molecule has 1 aromatic heterocycles. The van der Waals surface area contributed by atoms with Gasteiger partial charge in [-0.3, -0.25) is 0 Å². The van der Waals surface area contributed by atoms with Gasteiger partial charge >= 0.3 is 6.18 Å². The number of benzene rings is 2. The summed E-state index contributed by atoms with van der Waals surface area (Å²) in [5, 5.41) is 16.7. The summed E-state index contributed by atoms with van der Waals surface area (Å²) in [6, 6.07) is 9.84. The number of rotatable bonds is 5. The molecule has 2 heterocycles. The highest BCUT2D eigenvalue weighted by molar-refractivity contribution is 5.97. The molecule has 9 heteroatoms. The lowest BCUT2D eigenvalue weighted by molar-refractivity contribution is -0.138. The van der Waals surface area contributed by atoms with Crippen molar-refractivity contribution in [1.82, 2.24) is 15.5 Å². The number of halogens is 3. The Balaban J connectivity index is 1.72. The van der Waals surface area contributed by atoms with Gasteiger partial charge in [0.2, 0.25) is 5.88 Å². The lowest BCUT2D eigenvalue weighted by atomic mass is 9.97. The Hall–Kier alpha value is -3.07. The smallest absolute Gasteiger partial charge is 0.416 e. The molecule has 1 aliphatic rings. The lowest BCUT2D eigenvalue weighted by Gasteiger charge is -2.30. The van der Waals surface area contributed by atoms with Gasteiger partial charge in [0.05, 0.1) is 18.7 Å². The molecule has 3 aromatic rings. The third kappa shape index (κ3) is 4.29. The molecular formula is C23H26F3N5O. The molecule has 0 saturated carbocycles. The molecular weight excluding hydrogens is 419 g/mol. The fraction of sp³-hybridized carbons (Fsp3) is 0.391. The molecule has 6 nitrogen and oxygen atoms in total. The maximum atomic E-state index is 13.4. The molecule has 0 bridgehead atoms. The van der Waals surface area contributed by atoms with Crippen LogP contribution in [0.1, 0.15) is 29.7 Å². The number of fused-ring (bicyclic) bond motifs is 1. The average Bonchev–Trinajstić information content (AvgIpc) is 2.79. The van der Waals surface area contributed by atoms with E-state index in [9.17, 15) is 13.2 Å². The zero-order chi connectivity index (χ0) is 22.9. The quantitative estimate of drug-likeness (QED) is 0.601. The van der Waals surface area contributed by atoms with Crippen LogP contribution in [0.4, 0.5) is 24.7 Å². The maximum Gasteiger partial charge on any atom is 0.416 e. The van der Waals surface area contributed by atoms with E-state index in [4.69, 9.17) is 4.74 Å². The zero-order valence-corrected chi connectivity index (χ0v) is 18.3. The number of hydrogen-bond donors (Lipinski definition) is 2. The third-order valence-electron chi connectivity index (χ3n) is 5.91.